The van der Waals surface area contributed by atoms with E-state index in [4.69, 9.17) is 19.9 Å². The summed E-state index contributed by atoms with van der Waals surface area (Å²) < 4.78 is 16.6. The molecule has 4 rings (SSSR count). The first-order valence-electron chi connectivity index (χ1n) is 9.99. The largest absolute Gasteiger partial charge is 0.493 e. The quantitative estimate of drug-likeness (QED) is 0.895. The van der Waals surface area contributed by atoms with Crippen molar-refractivity contribution < 1.29 is 14.2 Å². The summed E-state index contributed by atoms with van der Waals surface area (Å²) in [4.78, 5) is 2.76. The van der Waals surface area contributed by atoms with Gasteiger partial charge in [-0.15, -0.1) is 0 Å². The minimum atomic E-state index is 0.188. The maximum Gasteiger partial charge on any atom is 0.161 e. The van der Waals surface area contributed by atoms with Crippen molar-refractivity contribution in [3.05, 3.63) is 23.8 Å². The molecule has 5 heteroatoms. The maximum absolute atomic E-state index is 6.43. The fraction of sp³-hybridized carbons (Fsp3) is 0.714. The van der Waals surface area contributed by atoms with Crippen LogP contribution in [0.4, 0.5) is 0 Å². The summed E-state index contributed by atoms with van der Waals surface area (Å²) >= 11 is 0. The SMILES string of the molecule is COc1ccc([C@@]23CC[C@H](N)C[C@H]2N(C2CCOCC2)CC3)cc1OC. The van der Waals surface area contributed by atoms with E-state index in [1.807, 2.05) is 0 Å². The zero-order valence-electron chi connectivity index (χ0n) is 16.1. The van der Waals surface area contributed by atoms with Crippen LogP contribution in [0.25, 0.3) is 0 Å². The molecule has 2 saturated heterocycles. The third-order valence-electron chi connectivity index (χ3n) is 6.96. The number of hydrogen-bond donors (Lipinski definition) is 1. The lowest BCUT2D eigenvalue weighted by molar-refractivity contribution is 0.0153. The third kappa shape index (κ3) is 3.00. The van der Waals surface area contributed by atoms with Gasteiger partial charge in [0, 0.05) is 36.8 Å². The van der Waals surface area contributed by atoms with E-state index >= 15 is 0 Å². The topological polar surface area (TPSA) is 57.0 Å². The highest BCUT2D eigenvalue weighted by molar-refractivity contribution is 5.46. The first kappa shape index (κ1) is 18.1. The second kappa shape index (κ2) is 7.37. The molecule has 2 N–H and O–H groups in total. The molecule has 1 aromatic rings. The third-order valence-corrected chi connectivity index (χ3v) is 6.96. The van der Waals surface area contributed by atoms with Gasteiger partial charge in [-0.3, -0.25) is 4.90 Å². The summed E-state index contributed by atoms with van der Waals surface area (Å²) in [5.41, 5.74) is 8.00. The number of nitrogens with zero attached hydrogens (tertiary/aromatic N) is 1. The number of likely N-dealkylation sites (tertiary alicyclic amines) is 1. The van der Waals surface area contributed by atoms with E-state index in [0.29, 0.717) is 18.1 Å². The summed E-state index contributed by atoms with van der Waals surface area (Å²) in [5.74, 6) is 1.63. The molecule has 0 aromatic heterocycles. The van der Waals surface area contributed by atoms with Gasteiger partial charge in [-0.2, -0.15) is 0 Å². The van der Waals surface area contributed by atoms with Crippen molar-refractivity contribution in [1.29, 1.82) is 0 Å². The smallest absolute Gasteiger partial charge is 0.161 e. The van der Waals surface area contributed by atoms with Crippen molar-refractivity contribution in [2.24, 2.45) is 5.73 Å². The Hall–Kier alpha value is -1.30. The van der Waals surface area contributed by atoms with Gasteiger partial charge in [-0.25, -0.2) is 0 Å². The first-order valence-corrected chi connectivity index (χ1v) is 9.99. The lowest BCUT2D eigenvalue weighted by Crippen LogP contribution is -2.53. The van der Waals surface area contributed by atoms with Crippen LogP contribution < -0.4 is 15.2 Å². The minimum Gasteiger partial charge on any atom is -0.493 e. The van der Waals surface area contributed by atoms with Crippen LogP contribution in [-0.4, -0.2) is 57.0 Å². The molecule has 3 atom stereocenters. The van der Waals surface area contributed by atoms with E-state index in [1.54, 1.807) is 14.2 Å². The molecule has 2 heterocycles. The van der Waals surface area contributed by atoms with E-state index < -0.39 is 0 Å². The van der Waals surface area contributed by atoms with Gasteiger partial charge in [0.1, 0.15) is 0 Å². The van der Waals surface area contributed by atoms with Gasteiger partial charge >= 0.3 is 0 Å². The Balaban J connectivity index is 1.68. The average molecular weight is 360 g/mol. The molecule has 0 unspecified atom stereocenters. The number of ether oxygens (including phenoxy) is 3. The molecule has 1 aromatic carbocycles. The van der Waals surface area contributed by atoms with Gasteiger partial charge in [-0.05, 0) is 62.8 Å². The highest BCUT2D eigenvalue weighted by atomic mass is 16.5. The molecule has 1 aliphatic carbocycles. The van der Waals surface area contributed by atoms with E-state index in [-0.39, 0.29) is 5.41 Å². The van der Waals surface area contributed by atoms with Gasteiger partial charge in [-0.1, -0.05) is 6.07 Å². The second-order valence-electron chi connectivity index (χ2n) is 8.11. The van der Waals surface area contributed by atoms with E-state index in [9.17, 15) is 0 Å². The predicted octanol–water partition coefficient (Wildman–Crippen LogP) is 2.71. The van der Waals surface area contributed by atoms with Gasteiger partial charge in [0.2, 0.25) is 0 Å². The Morgan fingerprint density at radius 2 is 1.85 bits per heavy atom. The normalized spacial score (nSPS) is 33.0. The number of hydrogen-bond acceptors (Lipinski definition) is 5. The Labute approximate surface area is 156 Å². The van der Waals surface area contributed by atoms with Gasteiger partial charge in [0.25, 0.3) is 0 Å². The monoisotopic (exact) mass is 360 g/mol. The average Bonchev–Trinajstić information content (AvgIpc) is 3.08. The molecule has 0 bridgehead atoms. The van der Waals surface area contributed by atoms with Crippen LogP contribution >= 0.6 is 0 Å². The summed E-state index contributed by atoms with van der Waals surface area (Å²) in [6.45, 7) is 2.95. The molecular formula is C21H32N2O3. The van der Waals surface area contributed by atoms with Crippen LogP contribution in [0.2, 0.25) is 0 Å². The van der Waals surface area contributed by atoms with Crippen LogP contribution in [-0.2, 0) is 10.2 Å². The summed E-state index contributed by atoms with van der Waals surface area (Å²) in [7, 11) is 3.41. The van der Waals surface area contributed by atoms with Crippen molar-refractivity contribution in [1.82, 2.24) is 4.90 Å². The van der Waals surface area contributed by atoms with Crippen LogP contribution in [0.3, 0.4) is 0 Å². The molecule has 0 spiro atoms. The number of rotatable bonds is 4. The molecule has 0 radical (unpaired) electrons. The van der Waals surface area contributed by atoms with Crippen molar-refractivity contribution in [2.45, 2.75) is 62.1 Å². The molecule has 0 amide bonds. The molecule has 3 fully saturated rings. The van der Waals surface area contributed by atoms with Gasteiger partial charge < -0.3 is 19.9 Å². The maximum atomic E-state index is 6.43. The molecule has 1 saturated carbocycles. The Morgan fingerprint density at radius 1 is 1.08 bits per heavy atom. The highest BCUT2D eigenvalue weighted by Crippen LogP contribution is 2.51. The summed E-state index contributed by atoms with van der Waals surface area (Å²) in [6, 6.07) is 7.99. The predicted molar refractivity (Wildman–Crippen MR) is 102 cm³/mol. The Morgan fingerprint density at radius 3 is 2.58 bits per heavy atom. The van der Waals surface area contributed by atoms with E-state index in [2.05, 4.69) is 23.1 Å². The van der Waals surface area contributed by atoms with Crippen LogP contribution in [0, 0.1) is 0 Å². The lowest BCUT2D eigenvalue weighted by atomic mass is 9.65. The fourth-order valence-corrected chi connectivity index (χ4v) is 5.55. The van der Waals surface area contributed by atoms with Crippen LogP contribution in [0.5, 0.6) is 11.5 Å². The number of benzene rings is 1. The summed E-state index contributed by atoms with van der Waals surface area (Å²) in [6.07, 6.45) is 6.85. The molecule has 26 heavy (non-hydrogen) atoms. The van der Waals surface area contributed by atoms with E-state index in [1.165, 1.54) is 12.0 Å². The summed E-state index contributed by atoms with van der Waals surface area (Å²) in [5, 5.41) is 0. The number of fused-ring (bicyclic) bond motifs is 1. The lowest BCUT2D eigenvalue weighted by Gasteiger charge is -2.47. The minimum absolute atomic E-state index is 0.188. The molecule has 5 nitrogen and oxygen atoms in total. The van der Waals surface area contributed by atoms with E-state index in [0.717, 1.165) is 63.4 Å². The fourth-order valence-electron chi connectivity index (χ4n) is 5.55. The number of nitrogens with two attached hydrogens (primary N) is 1. The Bertz CT molecular complexity index is 632. The second-order valence-corrected chi connectivity index (χ2v) is 8.11. The molecule has 2 aliphatic heterocycles. The standard InChI is InChI=1S/C21H32N2O3/c1-24-18-4-3-15(13-19(18)25-2)21-8-5-16(22)14-20(21)23(10-9-21)17-6-11-26-12-7-17/h3-4,13,16-17,20H,5-12,14,22H2,1-2H3/t16-,20+,21-/m0/s1. The molecular weight excluding hydrogens is 328 g/mol. The van der Waals surface area contributed by atoms with Crippen LogP contribution in [0.15, 0.2) is 18.2 Å². The van der Waals surface area contributed by atoms with Crippen molar-refractivity contribution >= 4 is 0 Å². The Kier molecular flexibility index (Phi) is 5.13. The first-order chi connectivity index (χ1) is 12.7. The van der Waals surface area contributed by atoms with Crippen molar-refractivity contribution in [3.8, 4) is 11.5 Å². The van der Waals surface area contributed by atoms with Crippen molar-refractivity contribution in [2.75, 3.05) is 34.0 Å². The van der Waals surface area contributed by atoms with Crippen LogP contribution in [0.1, 0.15) is 44.1 Å². The van der Waals surface area contributed by atoms with Gasteiger partial charge in [0.15, 0.2) is 11.5 Å². The molecule has 3 aliphatic rings. The molecule has 144 valence electrons. The van der Waals surface area contributed by atoms with Gasteiger partial charge in [0.05, 0.1) is 14.2 Å². The number of methoxy groups -OCH3 is 2. The highest BCUT2D eigenvalue weighted by Gasteiger charge is 2.52. The van der Waals surface area contributed by atoms with Crippen molar-refractivity contribution in [3.63, 3.8) is 0 Å². The zero-order valence-corrected chi connectivity index (χ0v) is 16.1. The zero-order chi connectivity index (χ0) is 18.1.